The molecule has 0 spiro atoms. The van der Waals surface area contributed by atoms with Gasteiger partial charge in [-0.1, -0.05) is 0 Å². The minimum Gasteiger partial charge on any atom is -0.390 e. The summed E-state index contributed by atoms with van der Waals surface area (Å²) in [5, 5.41) is 9.58. The van der Waals surface area contributed by atoms with Crippen LogP contribution in [0, 0.1) is 6.92 Å². The number of carbonyl (C=O) groups excluding carboxylic acids is 1. The van der Waals surface area contributed by atoms with Crippen LogP contribution in [-0.4, -0.2) is 41.0 Å². The molecule has 0 aliphatic carbocycles. The van der Waals surface area contributed by atoms with Crippen LogP contribution in [0.5, 0.6) is 0 Å². The minimum absolute atomic E-state index is 0.295. The molecule has 0 amide bonds. The molecule has 0 aromatic heterocycles. The van der Waals surface area contributed by atoms with Crippen LogP contribution < -0.4 is 0 Å². The summed E-state index contributed by atoms with van der Waals surface area (Å²) in [5.41, 5.74) is -0.547. The van der Waals surface area contributed by atoms with Crippen molar-refractivity contribution in [3.05, 3.63) is 6.92 Å². The van der Waals surface area contributed by atoms with Gasteiger partial charge >= 0.3 is 0 Å². The molecule has 1 aliphatic heterocycles. The fraction of sp³-hybridized carbons (Fsp3) is 0.778. The van der Waals surface area contributed by atoms with Gasteiger partial charge in [-0.2, -0.15) is 0 Å². The van der Waals surface area contributed by atoms with Gasteiger partial charge in [-0.25, -0.2) is 0 Å². The van der Waals surface area contributed by atoms with Crippen molar-refractivity contribution in [1.29, 1.82) is 0 Å². The molecule has 1 N–H and O–H groups in total. The average molecular weight is 169 g/mol. The fourth-order valence-electron chi connectivity index (χ4n) is 1.41. The molecule has 0 aromatic rings. The number of nitrogens with zero attached hydrogens (tertiary/aromatic N) is 1. The Labute approximate surface area is 73.4 Å². The summed E-state index contributed by atoms with van der Waals surface area (Å²) < 4.78 is 0. The van der Waals surface area contributed by atoms with Crippen molar-refractivity contribution in [1.82, 2.24) is 4.90 Å². The van der Waals surface area contributed by atoms with Crippen molar-refractivity contribution in [2.24, 2.45) is 0 Å². The fourth-order valence-corrected chi connectivity index (χ4v) is 1.41. The smallest absolute Gasteiger partial charge is 0.151 e. The molecule has 3 heteroatoms. The Morgan fingerprint density at radius 2 is 2.08 bits per heavy atom. The summed E-state index contributed by atoms with van der Waals surface area (Å²) in [7, 11) is 0. The molecule has 3 nitrogen and oxygen atoms in total. The largest absolute Gasteiger partial charge is 0.390 e. The number of rotatable bonds is 2. The van der Waals surface area contributed by atoms with Gasteiger partial charge in [-0.15, -0.1) is 0 Å². The summed E-state index contributed by atoms with van der Waals surface area (Å²) in [5.74, 6) is -0.295. The van der Waals surface area contributed by atoms with Gasteiger partial charge in [0.1, 0.15) is 0 Å². The normalized spacial score (nSPS) is 23.9. The lowest BCUT2D eigenvalue weighted by molar-refractivity contribution is -0.117. The molecular formula is C9H15NO2. The first-order chi connectivity index (χ1) is 5.49. The Bertz CT molecular complexity index is 167. The van der Waals surface area contributed by atoms with E-state index in [4.69, 9.17) is 6.92 Å². The van der Waals surface area contributed by atoms with Crippen LogP contribution in [-0.2, 0) is 4.79 Å². The number of hydrogen-bond acceptors (Lipinski definition) is 3. The van der Waals surface area contributed by atoms with E-state index in [0.717, 1.165) is 25.9 Å². The van der Waals surface area contributed by atoms with E-state index < -0.39 is 5.60 Å². The van der Waals surface area contributed by atoms with Gasteiger partial charge in [0, 0.05) is 20.0 Å². The highest BCUT2D eigenvalue weighted by Gasteiger charge is 2.27. The highest BCUT2D eigenvalue weighted by Crippen LogP contribution is 2.20. The average Bonchev–Trinajstić information content (AvgIpc) is 1.93. The Hall–Kier alpha value is -0.410. The molecule has 1 saturated heterocycles. The highest BCUT2D eigenvalue weighted by atomic mass is 16.3. The molecule has 68 valence electrons. The summed E-state index contributed by atoms with van der Waals surface area (Å²) in [4.78, 5) is 12.5. The third kappa shape index (κ3) is 2.91. The van der Waals surface area contributed by atoms with E-state index in [2.05, 4.69) is 0 Å². The van der Waals surface area contributed by atoms with Crippen LogP contribution in [0.15, 0.2) is 0 Å². The summed E-state index contributed by atoms with van der Waals surface area (Å²) in [6.07, 6.45) is 1.44. The second kappa shape index (κ2) is 3.54. The van der Waals surface area contributed by atoms with E-state index in [1.54, 1.807) is 0 Å². The number of Topliss-reactive ketones (excluding diaryl/α,β-unsaturated/α-hetero) is 1. The molecule has 0 unspecified atom stereocenters. The topological polar surface area (TPSA) is 40.5 Å². The van der Waals surface area contributed by atoms with Crippen molar-refractivity contribution in [3.8, 4) is 0 Å². The molecule has 2 radical (unpaired) electrons. The first-order valence-electron chi connectivity index (χ1n) is 4.23. The maximum absolute atomic E-state index is 10.5. The molecule has 0 saturated carbocycles. The number of carbonyl (C=O) groups is 1. The quantitative estimate of drug-likeness (QED) is 0.638. The zero-order valence-electron chi connectivity index (χ0n) is 7.42. The van der Waals surface area contributed by atoms with E-state index in [0.29, 0.717) is 6.54 Å². The van der Waals surface area contributed by atoms with Crippen molar-refractivity contribution in [2.45, 2.75) is 25.4 Å². The lowest BCUT2D eigenvalue weighted by Gasteiger charge is -2.35. The zero-order chi connectivity index (χ0) is 9.19. The van der Waals surface area contributed by atoms with Crippen LogP contribution in [0.25, 0.3) is 0 Å². The number of hydrogen-bond donors (Lipinski definition) is 1. The Morgan fingerprint density at radius 3 is 2.50 bits per heavy atom. The molecule has 1 rings (SSSR count). The van der Waals surface area contributed by atoms with E-state index in [1.807, 2.05) is 11.8 Å². The monoisotopic (exact) mass is 169 g/mol. The molecule has 1 aliphatic rings. The van der Waals surface area contributed by atoms with Gasteiger partial charge in [-0.05, 0) is 19.8 Å². The van der Waals surface area contributed by atoms with Gasteiger partial charge in [0.05, 0.1) is 12.1 Å². The van der Waals surface area contributed by atoms with E-state index >= 15 is 0 Å². The predicted molar refractivity (Wildman–Crippen MR) is 45.6 cm³/mol. The maximum atomic E-state index is 10.5. The van der Waals surface area contributed by atoms with Gasteiger partial charge in [0.25, 0.3) is 0 Å². The number of ketones is 1. The third-order valence-electron chi connectivity index (χ3n) is 2.31. The summed E-state index contributed by atoms with van der Waals surface area (Å²) >= 11 is 0. The van der Waals surface area contributed by atoms with Crippen LogP contribution >= 0.6 is 0 Å². The van der Waals surface area contributed by atoms with Crippen LogP contribution in [0.2, 0.25) is 0 Å². The van der Waals surface area contributed by atoms with Crippen molar-refractivity contribution < 1.29 is 9.90 Å². The second-order valence-corrected chi connectivity index (χ2v) is 3.74. The minimum atomic E-state index is -0.547. The van der Waals surface area contributed by atoms with Crippen LogP contribution in [0.4, 0.5) is 0 Å². The van der Waals surface area contributed by atoms with Gasteiger partial charge in [0.2, 0.25) is 0 Å². The standard InChI is InChI=1S/C9H15NO2/c1-8(11)7-10-5-3-9(2,12)4-6-10/h1,12H,3-7H2,2H3. The molecule has 0 atom stereocenters. The van der Waals surface area contributed by atoms with Crippen molar-refractivity contribution >= 4 is 5.78 Å². The number of likely N-dealkylation sites (tertiary alicyclic amines) is 1. The number of aliphatic hydroxyl groups is 1. The lowest BCUT2D eigenvalue weighted by Crippen LogP contribution is -2.43. The Morgan fingerprint density at radius 1 is 1.58 bits per heavy atom. The number of piperidine rings is 1. The van der Waals surface area contributed by atoms with Crippen molar-refractivity contribution in [2.75, 3.05) is 19.6 Å². The summed E-state index contributed by atoms with van der Waals surface area (Å²) in [6, 6.07) is 0. The highest BCUT2D eigenvalue weighted by molar-refractivity contribution is 5.84. The SMILES string of the molecule is [CH]C(=O)CN1CCC(C)(O)CC1. The van der Waals surface area contributed by atoms with Crippen LogP contribution in [0.3, 0.4) is 0 Å². The van der Waals surface area contributed by atoms with Gasteiger partial charge < -0.3 is 5.11 Å². The lowest BCUT2D eigenvalue weighted by atomic mass is 9.94. The first kappa shape index (κ1) is 9.68. The molecule has 0 aromatic carbocycles. The van der Waals surface area contributed by atoms with E-state index in [-0.39, 0.29) is 5.78 Å². The van der Waals surface area contributed by atoms with E-state index in [9.17, 15) is 9.90 Å². The zero-order valence-corrected chi connectivity index (χ0v) is 7.42. The molecular weight excluding hydrogens is 154 g/mol. The predicted octanol–water partition coefficient (Wildman–Crippen LogP) is 0.113. The molecule has 0 bridgehead atoms. The first-order valence-corrected chi connectivity index (χ1v) is 4.23. The molecule has 1 fully saturated rings. The molecule has 12 heavy (non-hydrogen) atoms. The van der Waals surface area contributed by atoms with Gasteiger partial charge in [0.15, 0.2) is 5.78 Å². The second-order valence-electron chi connectivity index (χ2n) is 3.74. The van der Waals surface area contributed by atoms with Crippen molar-refractivity contribution in [3.63, 3.8) is 0 Å². The Balaban J connectivity index is 2.31. The van der Waals surface area contributed by atoms with Gasteiger partial charge in [-0.3, -0.25) is 9.69 Å². The Kier molecular flexibility index (Phi) is 2.85. The third-order valence-corrected chi connectivity index (χ3v) is 2.31. The summed E-state index contributed by atoms with van der Waals surface area (Å²) in [6.45, 7) is 8.71. The van der Waals surface area contributed by atoms with E-state index in [1.165, 1.54) is 0 Å². The maximum Gasteiger partial charge on any atom is 0.151 e. The van der Waals surface area contributed by atoms with Crippen LogP contribution in [0.1, 0.15) is 19.8 Å². The molecule has 1 heterocycles.